The highest BCUT2D eigenvalue weighted by Gasteiger charge is 2.15. The van der Waals surface area contributed by atoms with Crippen molar-refractivity contribution in [2.45, 2.75) is 24.1 Å². The van der Waals surface area contributed by atoms with Crippen LogP contribution in [0.4, 0.5) is 8.78 Å². The Hall–Kier alpha value is -3.05. The number of alkyl halides is 2. The van der Waals surface area contributed by atoms with Gasteiger partial charge in [-0.05, 0) is 24.3 Å². The number of ether oxygens (including phenoxy) is 1. The van der Waals surface area contributed by atoms with Crippen molar-refractivity contribution in [3.63, 3.8) is 0 Å². The molecule has 0 saturated carbocycles. The van der Waals surface area contributed by atoms with Crippen LogP contribution in [0.15, 0.2) is 64.5 Å². The molecule has 4 rings (SSSR count). The Morgan fingerprint density at radius 2 is 2.07 bits per heavy atom. The van der Waals surface area contributed by atoms with Crippen LogP contribution < -0.4 is 10.3 Å². The van der Waals surface area contributed by atoms with Crippen molar-refractivity contribution in [3.05, 3.63) is 70.6 Å². The Bertz CT molecular complexity index is 1230. The Labute approximate surface area is 177 Å². The van der Waals surface area contributed by atoms with Gasteiger partial charge in [-0.2, -0.15) is 8.78 Å². The second-order valence-electron chi connectivity index (χ2n) is 6.04. The molecule has 7 nitrogen and oxygen atoms in total. The average Bonchev–Trinajstić information content (AvgIpc) is 3.34. The number of fused-ring (bicyclic) bond motifs is 1. The fourth-order valence-electron chi connectivity index (χ4n) is 2.79. The number of thiazole rings is 1. The topological polar surface area (TPSA) is 74.3 Å². The van der Waals surface area contributed by atoms with Gasteiger partial charge in [-0.1, -0.05) is 17.8 Å². The molecular formula is C19H15F2N5O2S2. The number of benzene rings is 1. The Kier molecular flexibility index (Phi) is 5.91. The predicted octanol–water partition coefficient (Wildman–Crippen LogP) is 4.09. The van der Waals surface area contributed by atoms with Gasteiger partial charge in [0.05, 0.1) is 5.69 Å². The Morgan fingerprint density at radius 1 is 1.27 bits per heavy atom. The fourth-order valence-corrected chi connectivity index (χ4v) is 4.37. The van der Waals surface area contributed by atoms with Gasteiger partial charge in [-0.25, -0.2) is 4.98 Å². The summed E-state index contributed by atoms with van der Waals surface area (Å²) < 4.78 is 32.4. The summed E-state index contributed by atoms with van der Waals surface area (Å²) in [5.74, 6) is 1.09. The van der Waals surface area contributed by atoms with E-state index in [1.54, 1.807) is 24.4 Å². The summed E-state index contributed by atoms with van der Waals surface area (Å²) in [6, 6.07) is 7.69. The summed E-state index contributed by atoms with van der Waals surface area (Å²) in [5.41, 5.74) is 1.22. The van der Waals surface area contributed by atoms with E-state index < -0.39 is 6.61 Å². The van der Waals surface area contributed by atoms with Gasteiger partial charge in [-0.3, -0.25) is 13.8 Å². The van der Waals surface area contributed by atoms with Gasteiger partial charge < -0.3 is 4.74 Å². The molecule has 0 aliphatic rings. The molecule has 0 unspecified atom stereocenters. The standard InChI is InChI=1S/C19H15F2N5O2S2/c1-2-7-26-16(12-3-5-14(6-4-12)28-17(20)21)23-24-19(26)30-11-13-10-15(27)25-8-9-29-18(25)22-13/h2-6,8-10,17H,1,7,11H2. The van der Waals surface area contributed by atoms with E-state index in [1.807, 2.05) is 9.95 Å². The number of halogens is 2. The third-order valence-electron chi connectivity index (χ3n) is 4.07. The van der Waals surface area contributed by atoms with Crippen LogP contribution in [0.2, 0.25) is 0 Å². The van der Waals surface area contributed by atoms with Crippen LogP contribution in [0, 0.1) is 0 Å². The van der Waals surface area contributed by atoms with Crippen molar-refractivity contribution in [2.75, 3.05) is 0 Å². The van der Waals surface area contributed by atoms with Crippen molar-refractivity contribution >= 4 is 28.1 Å². The third-order valence-corrected chi connectivity index (χ3v) is 5.83. The summed E-state index contributed by atoms with van der Waals surface area (Å²) in [6.45, 7) is 1.35. The van der Waals surface area contributed by atoms with Gasteiger partial charge in [0.2, 0.25) is 0 Å². The van der Waals surface area contributed by atoms with Crippen LogP contribution in [0.3, 0.4) is 0 Å². The number of thioether (sulfide) groups is 1. The lowest BCUT2D eigenvalue weighted by Gasteiger charge is -2.09. The van der Waals surface area contributed by atoms with Gasteiger partial charge in [0.25, 0.3) is 5.56 Å². The predicted molar refractivity (Wildman–Crippen MR) is 111 cm³/mol. The Balaban J connectivity index is 1.57. The molecule has 0 spiro atoms. The molecule has 0 amide bonds. The van der Waals surface area contributed by atoms with Gasteiger partial charge in [0, 0.05) is 35.5 Å². The molecule has 0 radical (unpaired) electrons. The normalized spacial score (nSPS) is 11.3. The molecule has 0 aliphatic heterocycles. The van der Waals surface area contributed by atoms with Crippen molar-refractivity contribution in [2.24, 2.45) is 0 Å². The first kappa shape index (κ1) is 20.2. The summed E-state index contributed by atoms with van der Waals surface area (Å²) in [7, 11) is 0. The molecule has 0 fully saturated rings. The molecular weight excluding hydrogens is 432 g/mol. The SMILES string of the molecule is C=CCn1c(SCc2cc(=O)n3ccsc3n2)nnc1-c1ccc(OC(F)F)cc1. The van der Waals surface area contributed by atoms with Gasteiger partial charge in [0.15, 0.2) is 15.9 Å². The van der Waals surface area contributed by atoms with E-state index in [4.69, 9.17) is 0 Å². The molecule has 3 heterocycles. The number of nitrogens with zero attached hydrogens (tertiary/aromatic N) is 5. The lowest BCUT2D eigenvalue weighted by molar-refractivity contribution is -0.0498. The van der Waals surface area contributed by atoms with Crippen molar-refractivity contribution in [1.82, 2.24) is 24.1 Å². The Morgan fingerprint density at radius 3 is 2.80 bits per heavy atom. The van der Waals surface area contributed by atoms with E-state index in [9.17, 15) is 13.6 Å². The van der Waals surface area contributed by atoms with Crippen molar-refractivity contribution in [3.8, 4) is 17.1 Å². The van der Waals surface area contributed by atoms with Crippen LogP contribution in [-0.2, 0) is 12.3 Å². The fraction of sp³-hybridized carbons (Fsp3) is 0.158. The number of hydrogen-bond acceptors (Lipinski definition) is 7. The zero-order chi connectivity index (χ0) is 21.1. The molecule has 1 aromatic carbocycles. The molecule has 0 aliphatic carbocycles. The highest BCUT2D eigenvalue weighted by molar-refractivity contribution is 7.98. The molecule has 0 N–H and O–H groups in total. The highest BCUT2D eigenvalue weighted by atomic mass is 32.2. The van der Waals surface area contributed by atoms with E-state index in [2.05, 4.69) is 26.5 Å². The van der Waals surface area contributed by atoms with E-state index in [-0.39, 0.29) is 11.3 Å². The molecule has 30 heavy (non-hydrogen) atoms. The van der Waals surface area contributed by atoms with Crippen molar-refractivity contribution in [1.29, 1.82) is 0 Å². The number of aromatic nitrogens is 5. The molecule has 0 saturated heterocycles. The summed E-state index contributed by atoms with van der Waals surface area (Å²) >= 11 is 2.79. The first-order chi connectivity index (χ1) is 14.5. The third kappa shape index (κ3) is 4.26. The maximum absolute atomic E-state index is 12.3. The van der Waals surface area contributed by atoms with Crippen molar-refractivity contribution < 1.29 is 13.5 Å². The quantitative estimate of drug-likeness (QED) is 0.299. The minimum absolute atomic E-state index is 0.0689. The van der Waals surface area contributed by atoms with E-state index in [0.717, 1.165) is 0 Å². The summed E-state index contributed by atoms with van der Waals surface area (Å²) in [5, 5.41) is 10.9. The van der Waals surface area contributed by atoms with E-state index >= 15 is 0 Å². The molecule has 0 bridgehead atoms. The van der Waals surface area contributed by atoms with Gasteiger partial charge in [-0.15, -0.1) is 28.1 Å². The number of allylic oxidation sites excluding steroid dienone is 1. The molecule has 0 atom stereocenters. The van der Waals surface area contributed by atoms with E-state index in [0.29, 0.717) is 39.5 Å². The van der Waals surface area contributed by atoms with Crippen LogP contribution >= 0.6 is 23.1 Å². The van der Waals surface area contributed by atoms with Gasteiger partial charge in [0.1, 0.15) is 5.75 Å². The van der Waals surface area contributed by atoms with Crippen LogP contribution in [0.25, 0.3) is 16.3 Å². The average molecular weight is 447 g/mol. The van der Waals surface area contributed by atoms with E-state index in [1.165, 1.54) is 45.7 Å². The largest absolute Gasteiger partial charge is 0.435 e. The maximum atomic E-state index is 12.3. The summed E-state index contributed by atoms with van der Waals surface area (Å²) in [6.07, 6.45) is 3.41. The van der Waals surface area contributed by atoms with Gasteiger partial charge >= 0.3 is 6.61 Å². The lowest BCUT2D eigenvalue weighted by Crippen LogP contribution is -2.12. The smallest absolute Gasteiger partial charge is 0.387 e. The zero-order valence-corrected chi connectivity index (χ0v) is 17.1. The lowest BCUT2D eigenvalue weighted by atomic mass is 10.2. The second kappa shape index (κ2) is 8.76. The molecule has 11 heteroatoms. The monoisotopic (exact) mass is 447 g/mol. The highest BCUT2D eigenvalue weighted by Crippen LogP contribution is 2.27. The molecule has 3 aromatic heterocycles. The number of hydrogen-bond donors (Lipinski definition) is 0. The van der Waals surface area contributed by atoms with Crippen LogP contribution in [-0.4, -0.2) is 30.8 Å². The first-order valence-electron chi connectivity index (χ1n) is 8.73. The number of rotatable bonds is 8. The zero-order valence-electron chi connectivity index (χ0n) is 15.4. The minimum Gasteiger partial charge on any atom is -0.435 e. The molecule has 4 aromatic rings. The summed E-state index contributed by atoms with van der Waals surface area (Å²) in [4.78, 5) is 17.3. The minimum atomic E-state index is -2.88. The first-order valence-corrected chi connectivity index (χ1v) is 10.6. The molecule has 154 valence electrons. The van der Waals surface area contributed by atoms with Crippen LogP contribution in [0.5, 0.6) is 5.75 Å². The van der Waals surface area contributed by atoms with Crippen LogP contribution in [0.1, 0.15) is 5.69 Å². The maximum Gasteiger partial charge on any atom is 0.387 e. The second-order valence-corrected chi connectivity index (χ2v) is 7.85.